The van der Waals surface area contributed by atoms with E-state index in [2.05, 4.69) is 0 Å². The van der Waals surface area contributed by atoms with Gasteiger partial charge in [-0.25, -0.2) is 4.79 Å². The van der Waals surface area contributed by atoms with Crippen LogP contribution in [-0.4, -0.2) is 54.8 Å². The molecule has 2 aromatic carbocycles. The Morgan fingerprint density at radius 3 is 2.38 bits per heavy atom. The summed E-state index contributed by atoms with van der Waals surface area (Å²) >= 11 is 0. The van der Waals surface area contributed by atoms with Gasteiger partial charge in [0, 0.05) is 13.1 Å². The van der Waals surface area contributed by atoms with Crippen LogP contribution in [-0.2, 0) is 16.0 Å². The Kier molecular flexibility index (Phi) is 7.64. The first-order valence-corrected chi connectivity index (χ1v) is 9.98. The predicted molar refractivity (Wildman–Crippen MR) is 109 cm³/mol. The van der Waals surface area contributed by atoms with Gasteiger partial charge >= 0.3 is 5.97 Å². The zero-order valence-corrected chi connectivity index (χ0v) is 16.5. The van der Waals surface area contributed by atoms with Crippen LogP contribution in [0.5, 0.6) is 5.75 Å². The Labute approximate surface area is 171 Å². The third kappa shape index (κ3) is 6.32. The normalized spacial score (nSPS) is 14.6. The molecule has 1 heterocycles. The molecule has 0 aliphatic carbocycles. The van der Waals surface area contributed by atoms with Gasteiger partial charge in [-0.1, -0.05) is 36.4 Å². The van der Waals surface area contributed by atoms with Crippen molar-refractivity contribution >= 4 is 11.9 Å². The summed E-state index contributed by atoms with van der Waals surface area (Å²) in [5, 5.41) is 9.32. The van der Waals surface area contributed by atoms with E-state index in [0.717, 1.165) is 30.6 Å². The molecule has 0 radical (unpaired) electrons. The van der Waals surface area contributed by atoms with Gasteiger partial charge in [-0.3, -0.25) is 4.79 Å². The lowest BCUT2D eigenvalue weighted by Crippen LogP contribution is -2.41. The maximum absolute atomic E-state index is 12.3. The summed E-state index contributed by atoms with van der Waals surface area (Å²) in [4.78, 5) is 25.5. The summed E-state index contributed by atoms with van der Waals surface area (Å²) in [5.74, 6) is 0.282. The van der Waals surface area contributed by atoms with Crippen LogP contribution in [0.2, 0.25) is 0 Å². The van der Waals surface area contributed by atoms with Gasteiger partial charge in [-0.2, -0.15) is 0 Å². The van der Waals surface area contributed by atoms with Crippen LogP contribution in [0.25, 0.3) is 0 Å². The molecule has 2 aromatic rings. The van der Waals surface area contributed by atoms with Crippen molar-refractivity contribution in [1.82, 2.24) is 4.90 Å². The number of hydrogen-bond donors (Lipinski definition) is 1. The molecule has 29 heavy (non-hydrogen) atoms. The molecule has 1 aliphatic rings. The second-order valence-electron chi connectivity index (χ2n) is 7.20. The van der Waals surface area contributed by atoms with Gasteiger partial charge in [0.05, 0.1) is 12.2 Å². The van der Waals surface area contributed by atoms with Crippen LogP contribution in [0.3, 0.4) is 0 Å². The maximum atomic E-state index is 12.3. The SMILES string of the molecule is O=C(O)c1ccccc1CC1CCN(C(=O)COCCOc2ccccc2)CC1. The number of aromatic carboxylic acids is 1. The number of para-hydroxylation sites is 1. The minimum atomic E-state index is -0.887. The molecule has 0 aromatic heterocycles. The van der Waals surface area contributed by atoms with Crippen LogP contribution < -0.4 is 4.74 Å². The number of carbonyl (C=O) groups is 2. The highest BCUT2D eigenvalue weighted by atomic mass is 16.5. The van der Waals surface area contributed by atoms with Crippen molar-refractivity contribution in [3.05, 3.63) is 65.7 Å². The average molecular weight is 397 g/mol. The third-order valence-electron chi connectivity index (χ3n) is 5.19. The molecule has 0 atom stereocenters. The minimum Gasteiger partial charge on any atom is -0.491 e. The van der Waals surface area contributed by atoms with Crippen LogP contribution in [0, 0.1) is 5.92 Å². The Morgan fingerprint density at radius 2 is 1.66 bits per heavy atom. The Balaban J connectivity index is 1.35. The first-order valence-electron chi connectivity index (χ1n) is 9.98. The highest BCUT2D eigenvalue weighted by molar-refractivity contribution is 5.89. The first-order chi connectivity index (χ1) is 14.1. The van der Waals surface area contributed by atoms with Gasteiger partial charge in [0.2, 0.25) is 5.91 Å². The van der Waals surface area contributed by atoms with Crippen molar-refractivity contribution in [3.8, 4) is 5.75 Å². The quantitative estimate of drug-likeness (QED) is 0.658. The minimum absolute atomic E-state index is 0.00547. The Bertz CT molecular complexity index is 800. The number of rotatable bonds is 9. The van der Waals surface area contributed by atoms with Gasteiger partial charge < -0.3 is 19.5 Å². The lowest BCUT2D eigenvalue weighted by atomic mass is 9.88. The number of carbonyl (C=O) groups excluding carboxylic acids is 1. The van der Waals surface area contributed by atoms with Gasteiger partial charge in [0.25, 0.3) is 0 Å². The zero-order chi connectivity index (χ0) is 20.5. The van der Waals surface area contributed by atoms with E-state index in [1.54, 1.807) is 12.1 Å². The molecular weight excluding hydrogens is 370 g/mol. The van der Waals surface area contributed by atoms with E-state index in [1.165, 1.54) is 0 Å². The fourth-order valence-electron chi connectivity index (χ4n) is 3.59. The summed E-state index contributed by atoms with van der Waals surface area (Å²) in [7, 11) is 0. The van der Waals surface area contributed by atoms with E-state index < -0.39 is 5.97 Å². The molecule has 0 saturated carbocycles. The third-order valence-corrected chi connectivity index (χ3v) is 5.19. The molecule has 1 fully saturated rings. The summed E-state index contributed by atoms with van der Waals surface area (Å²) in [6, 6.07) is 16.7. The topological polar surface area (TPSA) is 76.1 Å². The molecule has 0 bridgehead atoms. The summed E-state index contributed by atoms with van der Waals surface area (Å²) in [5.41, 5.74) is 1.24. The van der Waals surface area contributed by atoms with Gasteiger partial charge in [0.15, 0.2) is 0 Å². The lowest BCUT2D eigenvalue weighted by Gasteiger charge is -2.32. The number of carboxylic acids is 1. The van der Waals surface area contributed by atoms with E-state index in [-0.39, 0.29) is 12.5 Å². The zero-order valence-electron chi connectivity index (χ0n) is 16.5. The van der Waals surface area contributed by atoms with Crippen molar-refractivity contribution in [2.45, 2.75) is 19.3 Å². The predicted octanol–water partition coefficient (Wildman–Crippen LogP) is 3.26. The maximum Gasteiger partial charge on any atom is 0.335 e. The lowest BCUT2D eigenvalue weighted by molar-refractivity contribution is -0.137. The Morgan fingerprint density at radius 1 is 0.966 bits per heavy atom. The average Bonchev–Trinajstić information content (AvgIpc) is 2.75. The van der Waals surface area contributed by atoms with Crippen molar-refractivity contribution < 1.29 is 24.2 Å². The van der Waals surface area contributed by atoms with E-state index >= 15 is 0 Å². The second-order valence-corrected chi connectivity index (χ2v) is 7.20. The molecule has 1 N–H and O–H groups in total. The molecule has 6 nitrogen and oxygen atoms in total. The number of amides is 1. The van der Waals surface area contributed by atoms with Crippen molar-refractivity contribution in [1.29, 1.82) is 0 Å². The van der Waals surface area contributed by atoms with E-state index in [9.17, 15) is 14.7 Å². The summed E-state index contributed by atoms with van der Waals surface area (Å²) in [6.45, 7) is 2.20. The molecule has 1 saturated heterocycles. The van der Waals surface area contributed by atoms with Gasteiger partial charge in [-0.15, -0.1) is 0 Å². The van der Waals surface area contributed by atoms with Crippen molar-refractivity contribution in [3.63, 3.8) is 0 Å². The van der Waals surface area contributed by atoms with Crippen molar-refractivity contribution in [2.75, 3.05) is 32.9 Å². The number of benzene rings is 2. The van der Waals surface area contributed by atoms with E-state index in [0.29, 0.717) is 37.8 Å². The number of carboxylic acid groups (broad SMARTS) is 1. The van der Waals surface area contributed by atoms with E-state index in [1.807, 2.05) is 47.4 Å². The first kappa shape index (κ1) is 20.9. The molecular formula is C23H27NO5. The van der Waals surface area contributed by atoms with Crippen LogP contribution in [0.4, 0.5) is 0 Å². The summed E-state index contributed by atoms with van der Waals surface area (Å²) in [6.07, 6.45) is 2.48. The van der Waals surface area contributed by atoms with E-state index in [4.69, 9.17) is 9.47 Å². The molecule has 0 spiro atoms. The molecule has 1 aliphatic heterocycles. The fourth-order valence-corrected chi connectivity index (χ4v) is 3.59. The monoisotopic (exact) mass is 397 g/mol. The fraction of sp³-hybridized carbons (Fsp3) is 0.391. The Hall–Kier alpha value is -2.86. The van der Waals surface area contributed by atoms with Crippen LogP contribution in [0.1, 0.15) is 28.8 Å². The second kappa shape index (κ2) is 10.6. The largest absolute Gasteiger partial charge is 0.491 e. The van der Waals surface area contributed by atoms with Gasteiger partial charge in [-0.05, 0) is 48.9 Å². The highest BCUT2D eigenvalue weighted by Gasteiger charge is 2.24. The number of likely N-dealkylation sites (tertiary alicyclic amines) is 1. The van der Waals surface area contributed by atoms with Crippen LogP contribution in [0.15, 0.2) is 54.6 Å². The number of ether oxygens (including phenoxy) is 2. The number of nitrogens with zero attached hydrogens (tertiary/aromatic N) is 1. The summed E-state index contributed by atoms with van der Waals surface area (Å²) < 4.78 is 11.0. The smallest absolute Gasteiger partial charge is 0.335 e. The molecule has 3 rings (SSSR count). The standard InChI is InChI=1S/C23H27NO5/c25-22(17-28-14-15-29-20-7-2-1-3-8-20)24-12-10-18(11-13-24)16-19-6-4-5-9-21(19)23(26)27/h1-9,18H,10-17H2,(H,26,27). The van der Waals surface area contributed by atoms with Crippen LogP contribution >= 0.6 is 0 Å². The van der Waals surface area contributed by atoms with Crippen molar-refractivity contribution in [2.24, 2.45) is 5.92 Å². The highest BCUT2D eigenvalue weighted by Crippen LogP contribution is 2.23. The molecule has 6 heteroatoms. The molecule has 1 amide bonds. The van der Waals surface area contributed by atoms with Gasteiger partial charge in [0.1, 0.15) is 19.0 Å². The number of piperidine rings is 1. The molecule has 0 unspecified atom stereocenters. The number of hydrogen-bond acceptors (Lipinski definition) is 4. The molecule has 154 valence electrons.